The number of rotatable bonds is 22. The Labute approximate surface area is 275 Å². The Morgan fingerprint density at radius 1 is 0.395 bits per heavy atom. The van der Waals surface area contributed by atoms with E-state index in [1.54, 1.807) is 0 Å². The summed E-state index contributed by atoms with van der Waals surface area (Å²) in [7, 11) is -16.7. The molecule has 8 nitrogen and oxygen atoms in total. The molecule has 0 radical (unpaired) electrons. The van der Waals surface area contributed by atoms with Crippen molar-refractivity contribution < 1.29 is 34.9 Å². The van der Waals surface area contributed by atoms with Gasteiger partial charge in [0.15, 0.2) is 33.3 Å². The first kappa shape index (κ1) is 44.4. The van der Waals surface area contributed by atoms with Crippen LogP contribution in [-0.2, 0) is 24.7 Å². The molecule has 16 heteroatoms. The highest BCUT2D eigenvalue weighted by molar-refractivity contribution is 6.90. The summed E-state index contributed by atoms with van der Waals surface area (Å²) in [6, 6.07) is 1.93. The molecular weight excluding hydrogens is 677 g/mol. The third-order valence-electron chi connectivity index (χ3n) is 6.77. The molecule has 0 aliphatic carbocycles. The van der Waals surface area contributed by atoms with E-state index in [0.29, 0.717) is 0 Å². The molecule has 0 rings (SSSR count). The van der Waals surface area contributed by atoms with Gasteiger partial charge in [-0.3, -0.25) is 0 Å². The first-order chi connectivity index (χ1) is 18.8. The predicted molar refractivity (Wildman–Crippen MR) is 203 cm³/mol. The van der Waals surface area contributed by atoms with E-state index >= 15 is 0 Å². The fourth-order valence-electron chi connectivity index (χ4n) is 6.44. The molecule has 0 fully saturated rings. The lowest BCUT2D eigenvalue weighted by molar-refractivity contribution is 0.0381. The molecule has 0 aliphatic heterocycles. The maximum Gasteiger partial charge on any atom is 0.312 e. The molecule has 0 unspecified atom stereocenters. The van der Waals surface area contributed by atoms with E-state index < -0.39 is 72.9 Å². The minimum Gasteiger partial charge on any atom is -0.437 e. The Hall–Kier alpha value is 1.42. The summed E-state index contributed by atoms with van der Waals surface area (Å²) in [5.41, 5.74) is -0.484. The van der Waals surface area contributed by atoms with Crippen LogP contribution in [0.2, 0.25) is 130 Å². The van der Waals surface area contributed by atoms with Crippen LogP contribution in [0.4, 0.5) is 0 Å². The SMILES string of the molecule is C[Si](C)(C)O[Si](C)(C)O[Si](C)(C)O[Si](C)(C)CCCC(CO)(CO)CCC[Si](C)(C)O[Si](C)(C)O[Si](C)(C)O[Si](C)(C)C. The van der Waals surface area contributed by atoms with Crippen molar-refractivity contribution in [3.63, 3.8) is 0 Å². The van der Waals surface area contributed by atoms with Crippen molar-refractivity contribution in [1.29, 1.82) is 0 Å². The fraction of sp³-hybridized carbons (Fsp3) is 1.00. The monoisotopic (exact) mass is 748 g/mol. The lowest BCUT2D eigenvalue weighted by Crippen LogP contribution is -2.55. The number of hydrogen-bond donors (Lipinski definition) is 2. The van der Waals surface area contributed by atoms with Gasteiger partial charge in [0.1, 0.15) is 0 Å². The van der Waals surface area contributed by atoms with Crippen LogP contribution in [-0.4, -0.2) is 90.9 Å². The van der Waals surface area contributed by atoms with Crippen molar-refractivity contribution >= 4 is 67.5 Å². The average Bonchev–Trinajstić information content (AvgIpc) is 2.64. The van der Waals surface area contributed by atoms with Gasteiger partial charge in [-0.1, -0.05) is 12.8 Å². The van der Waals surface area contributed by atoms with E-state index in [0.717, 1.165) is 37.8 Å². The van der Waals surface area contributed by atoms with Crippen molar-refractivity contribution in [3.05, 3.63) is 0 Å². The van der Waals surface area contributed by atoms with Crippen molar-refractivity contribution in [2.75, 3.05) is 13.2 Å². The lowest BCUT2D eigenvalue weighted by Gasteiger charge is -2.41. The molecule has 0 saturated heterocycles. The Balaban J connectivity index is 5.11. The molecule has 0 aliphatic rings. The summed E-state index contributed by atoms with van der Waals surface area (Å²) in [4.78, 5) is 0. The zero-order chi connectivity index (χ0) is 34.4. The highest BCUT2D eigenvalue weighted by Gasteiger charge is 2.44. The molecular formula is C27H72O8Si8. The second-order valence-corrected chi connectivity index (χ2v) is 50.1. The molecule has 0 heterocycles. The normalized spacial score (nSPS) is 15.3. The van der Waals surface area contributed by atoms with E-state index in [9.17, 15) is 10.2 Å². The van der Waals surface area contributed by atoms with Gasteiger partial charge in [-0.2, -0.15) is 0 Å². The summed E-state index contributed by atoms with van der Waals surface area (Å²) in [6.07, 6.45) is 3.39. The Kier molecular flexibility index (Phi) is 16.7. The minimum atomic E-state index is -2.37. The predicted octanol–water partition coefficient (Wildman–Crippen LogP) is 8.50. The molecule has 2 N–H and O–H groups in total. The third kappa shape index (κ3) is 21.1. The number of aliphatic hydroxyl groups excluding tert-OH is 2. The average molecular weight is 750 g/mol. The standard InChI is InChI=1S/C27H72O8Si8/c1-36(2,3)30-40(11,12)34-42(15,16)32-38(7,8)23-19-21-27(25-28,26-29)22-20-24-39(9,10)33-43(17,18)35-41(13,14)31-37(4,5)6/h28-29H,19-26H2,1-18H3. The van der Waals surface area contributed by atoms with Crippen LogP contribution in [0.25, 0.3) is 0 Å². The molecule has 0 aromatic heterocycles. The van der Waals surface area contributed by atoms with Crippen LogP contribution in [0.5, 0.6) is 0 Å². The van der Waals surface area contributed by atoms with Crippen molar-refractivity contribution in [2.45, 2.75) is 156 Å². The molecule has 0 aromatic carbocycles. The smallest absolute Gasteiger partial charge is 0.312 e. The van der Waals surface area contributed by atoms with Crippen LogP contribution in [0, 0.1) is 5.41 Å². The quantitative estimate of drug-likeness (QED) is 0.107. The first-order valence-electron chi connectivity index (χ1n) is 16.2. The fourth-order valence-corrected chi connectivity index (χ4v) is 43.4. The summed E-state index contributed by atoms with van der Waals surface area (Å²) in [5.74, 6) is 0. The van der Waals surface area contributed by atoms with Gasteiger partial charge in [0.2, 0.25) is 0 Å². The molecule has 0 amide bonds. The summed E-state index contributed by atoms with van der Waals surface area (Å²) in [5, 5.41) is 20.8. The Bertz CT molecular complexity index is 772. The lowest BCUT2D eigenvalue weighted by atomic mass is 9.81. The Morgan fingerprint density at radius 3 is 0.884 bits per heavy atom. The van der Waals surface area contributed by atoms with Crippen LogP contribution in [0.15, 0.2) is 0 Å². The zero-order valence-corrected chi connectivity index (χ0v) is 39.5. The molecule has 0 atom stereocenters. The maximum absolute atomic E-state index is 10.4. The van der Waals surface area contributed by atoms with Crippen molar-refractivity contribution in [3.8, 4) is 0 Å². The summed E-state index contributed by atoms with van der Waals surface area (Å²) >= 11 is 0. The molecule has 0 saturated carbocycles. The second-order valence-electron chi connectivity index (χ2n) is 17.5. The largest absolute Gasteiger partial charge is 0.437 e. The molecule has 0 aromatic rings. The Morgan fingerprint density at radius 2 is 0.651 bits per heavy atom. The summed E-state index contributed by atoms with van der Waals surface area (Å²) < 4.78 is 39.6. The molecule has 43 heavy (non-hydrogen) atoms. The topological polar surface area (TPSA) is 95.8 Å². The van der Waals surface area contributed by atoms with E-state index in [1.807, 2.05) is 0 Å². The van der Waals surface area contributed by atoms with Crippen molar-refractivity contribution in [1.82, 2.24) is 0 Å². The highest BCUT2D eigenvalue weighted by Crippen LogP contribution is 2.35. The van der Waals surface area contributed by atoms with Gasteiger partial charge in [-0.05, 0) is 143 Å². The van der Waals surface area contributed by atoms with Crippen LogP contribution in [0.3, 0.4) is 0 Å². The van der Waals surface area contributed by atoms with Gasteiger partial charge in [0, 0.05) is 5.41 Å². The third-order valence-corrected chi connectivity index (χ3v) is 34.9. The van der Waals surface area contributed by atoms with Crippen LogP contribution >= 0.6 is 0 Å². The van der Waals surface area contributed by atoms with Crippen LogP contribution < -0.4 is 0 Å². The van der Waals surface area contributed by atoms with Gasteiger partial charge in [0.25, 0.3) is 0 Å². The van der Waals surface area contributed by atoms with Gasteiger partial charge in [0.05, 0.1) is 13.2 Å². The minimum absolute atomic E-state index is 0.0104. The van der Waals surface area contributed by atoms with E-state index in [2.05, 4.69) is 118 Å². The highest BCUT2D eigenvalue weighted by atomic mass is 28.5. The second kappa shape index (κ2) is 16.2. The number of aliphatic hydroxyl groups is 2. The van der Waals surface area contributed by atoms with E-state index in [-0.39, 0.29) is 13.2 Å². The molecule has 0 spiro atoms. The first-order valence-corrected chi connectivity index (χ1v) is 40.5. The number of hydrogen-bond acceptors (Lipinski definition) is 8. The summed E-state index contributed by atoms with van der Waals surface area (Å²) in [6.45, 7) is 39.3. The van der Waals surface area contributed by atoms with E-state index in [4.69, 9.17) is 24.7 Å². The van der Waals surface area contributed by atoms with Gasteiger partial charge < -0.3 is 34.9 Å². The van der Waals surface area contributed by atoms with Crippen LogP contribution in [0.1, 0.15) is 25.7 Å². The van der Waals surface area contributed by atoms with Gasteiger partial charge in [-0.15, -0.1) is 0 Å². The van der Waals surface area contributed by atoms with Gasteiger partial charge in [-0.25, -0.2) is 0 Å². The maximum atomic E-state index is 10.4. The molecule has 260 valence electrons. The molecule has 0 bridgehead atoms. The van der Waals surface area contributed by atoms with Crippen molar-refractivity contribution in [2.24, 2.45) is 5.41 Å². The van der Waals surface area contributed by atoms with Gasteiger partial charge >= 0.3 is 34.2 Å². The zero-order valence-electron chi connectivity index (χ0n) is 31.5. The van der Waals surface area contributed by atoms with E-state index in [1.165, 1.54) is 0 Å².